The highest BCUT2D eigenvalue weighted by Gasteiger charge is 2.52. The first-order chi connectivity index (χ1) is 29.8. The third kappa shape index (κ3) is 4.49. The Morgan fingerprint density at radius 3 is 1.55 bits per heavy atom. The van der Waals surface area contributed by atoms with E-state index in [0.717, 1.165) is 55.6 Å². The summed E-state index contributed by atoms with van der Waals surface area (Å²) in [6.45, 7) is 0. The molecule has 0 aliphatic heterocycles. The molecule has 0 amide bonds. The van der Waals surface area contributed by atoms with Gasteiger partial charge in [-0.3, -0.25) is 0 Å². The zero-order valence-corrected chi connectivity index (χ0v) is 32.4. The first kappa shape index (κ1) is 33.1. The van der Waals surface area contributed by atoms with Crippen LogP contribution in [0, 0.1) is 0 Å². The lowest BCUT2D eigenvalue weighted by Crippen LogP contribution is -2.26. The molecule has 2 aliphatic carbocycles. The Bertz CT molecular complexity index is 3510. The summed E-state index contributed by atoms with van der Waals surface area (Å²) in [6.07, 6.45) is 0. The molecule has 278 valence electrons. The minimum absolute atomic E-state index is 0.561. The number of furan rings is 1. The molecule has 0 unspecified atom stereocenters. The fraction of sp³-hybridized carbons (Fsp3) is 0.0175. The molecule has 0 fully saturated rings. The van der Waals surface area contributed by atoms with Crippen LogP contribution in [-0.2, 0) is 5.41 Å². The first-order valence-corrected chi connectivity index (χ1v) is 20.6. The topological polar surface area (TPSA) is 38.9 Å². The summed E-state index contributed by atoms with van der Waals surface area (Å²) in [5.41, 5.74) is 18.1. The maximum atomic E-state index is 6.68. The van der Waals surface area contributed by atoms with E-state index < -0.39 is 5.41 Å². The maximum Gasteiger partial charge on any atom is 0.160 e. The van der Waals surface area contributed by atoms with Crippen LogP contribution in [0.1, 0.15) is 22.3 Å². The van der Waals surface area contributed by atoms with Crippen LogP contribution < -0.4 is 0 Å². The second-order valence-corrected chi connectivity index (χ2v) is 15.9. The molecule has 0 saturated heterocycles. The Morgan fingerprint density at radius 2 is 0.800 bits per heavy atom. The van der Waals surface area contributed by atoms with Gasteiger partial charge in [0, 0.05) is 27.5 Å². The first-order valence-electron chi connectivity index (χ1n) is 20.6. The minimum Gasteiger partial charge on any atom is -0.455 e. The molecule has 0 bridgehead atoms. The van der Waals surface area contributed by atoms with Crippen LogP contribution in [0.3, 0.4) is 0 Å². The van der Waals surface area contributed by atoms with Crippen molar-refractivity contribution in [2.45, 2.75) is 5.41 Å². The second kappa shape index (κ2) is 12.6. The Morgan fingerprint density at radius 1 is 0.333 bits per heavy atom. The van der Waals surface area contributed by atoms with E-state index in [1.165, 1.54) is 60.8 Å². The van der Waals surface area contributed by atoms with Crippen LogP contribution in [0.5, 0.6) is 0 Å². The number of para-hydroxylation sites is 2. The lowest BCUT2D eigenvalue weighted by molar-refractivity contribution is 0.670. The summed E-state index contributed by atoms with van der Waals surface area (Å²) in [4.78, 5) is 11.3. The molecule has 13 rings (SSSR count). The minimum atomic E-state index is -0.561. The van der Waals surface area contributed by atoms with Gasteiger partial charge >= 0.3 is 0 Å². The molecule has 9 aromatic carbocycles. The van der Waals surface area contributed by atoms with E-state index in [1.54, 1.807) is 0 Å². The molecule has 0 radical (unpaired) electrons. The van der Waals surface area contributed by atoms with E-state index >= 15 is 0 Å². The lowest BCUT2D eigenvalue weighted by atomic mass is 9.69. The van der Waals surface area contributed by atoms with Gasteiger partial charge in [0.05, 0.1) is 16.8 Å². The van der Waals surface area contributed by atoms with Crippen molar-refractivity contribution in [1.82, 2.24) is 9.97 Å². The van der Waals surface area contributed by atoms with Gasteiger partial charge in [0.1, 0.15) is 11.2 Å². The van der Waals surface area contributed by atoms with E-state index in [4.69, 9.17) is 14.4 Å². The SMILES string of the molecule is c1ccc(-c2cccc3ccccc23)c(-c2cc(-c3cccc4c3oc3ccccc34)nc(-c3cccc4c3C3(c5ccccc5-c5ccccc53)c3ccccc3-4)n2)c1. The standard InChI is InChI=1S/C57H34N2O/c1-2-18-36-35(16-1)17-13-25-37(36)38-19-3-4-23-42(38)51-34-52(46-28-15-27-45-43-24-8-12-33-53(43)60-55(45)46)59-56(58-51)47-29-14-26-44-41-22-7-11-32-50(41)57(54(44)47)48-30-9-5-20-39(48)40-21-6-10-31-49(40)57/h1-34H. The van der Waals surface area contributed by atoms with Crippen LogP contribution in [0.25, 0.3) is 100.0 Å². The molecule has 60 heavy (non-hydrogen) atoms. The molecule has 0 N–H and O–H groups in total. The van der Waals surface area contributed by atoms with Gasteiger partial charge in [-0.15, -0.1) is 0 Å². The van der Waals surface area contributed by atoms with E-state index in [-0.39, 0.29) is 0 Å². The van der Waals surface area contributed by atoms with Crippen LogP contribution >= 0.6 is 0 Å². The van der Waals surface area contributed by atoms with Crippen LogP contribution in [-0.4, -0.2) is 9.97 Å². The molecule has 0 saturated carbocycles. The Kier molecular flexibility index (Phi) is 6.93. The molecule has 3 heteroatoms. The molecule has 3 nitrogen and oxygen atoms in total. The van der Waals surface area contributed by atoms with Crippen molar-refractivity contribution in [3.63, 3.8) is 0 Å². The van der Waals surface area contributed by atoms with Gasteiger partial charge < -0.3 is 4.42 Å². The van der Waals surface area contributed by atoms with E-state index in [2.05, 4.69) is 194 Å². The van der Waals surface area contributed by atoms with Crippen molar-refractivity contribution in [3.05, 3.63) is 229 Å². The van der Waals surface area contributed by atoms with Crippen LogP contribution in [0.4, 0.5) is 0 Å². The van der Waals surface area contributed by atoms with Crippen molar-refractivity contribution < 1.29 is 4.42 Å². The van der Waals surface area contributed by atoms with Gasteiger partial charge in [-0.05, 0) is 84.6 Å². The number of aromatic nitrogens is 2. The smallest absolute Gasteiger partial charge is 0.160 e. The summed E-state index contributed by atoms with van der Waals surface area (Å²) in [6, 6.07) is 74.2. The van der Waals surface area contributed by atoms with E-state index in [9.17, 15) is 0 Å². The van der Waals surface area contributed by atoms with Crippen LogP contribution in [0.2, 0.25) is 0 Å². The zero-order chi connectivity index (χ0) is 39.4. The Labute approximate surface area is 346 Å². The van der Waals surface area contributed by atoms with Crippen molar-refractivity contribution in [2.24, 2.45) is 0 Å². The third-order valence-corrected chi connectivity index (χ3v) is 12.9. The average Bonchev–Trinajstić information content (AvgIpc) is 3.96. The fourth-order valence-corrected chi connectivity index (χ4v) is 10.5. The number of benzene rings is 9. The predicted molar refractivity (Wildman–Crippen MR) is 245 cm³/mol. The van der Waals surface area contributed by atoms with Crippen molar-refractivity contribution in [2.75, 3.05) is 0 Å². The molecule has 0 atom stereocenters. The Hall–Kier alpha value is -7.88. The molecule has 11 aromatic rings. The van der Waals surface area contributed by atoms with E-state index in [0.29, 0.717) is 5.82 Å². The molecular weight excluding hydrogens is 729 g/mol. The van der Waals surface area contributed by atoms with Gasteiger partial charge in [0.25, 0.3) is 0 Å². The predicted octanol–water partition coefficient (Wildman–Crippen LogP) is 14.5. The number of nitrogens with zero attached hydrogens (tertiary/aromatic N) is 2. The van der Waals surface area contributed by atoms with Gasteiger partial charge in [-0.2, -0.15) is 0 Å². The molecule has 2 heterocycles. The zero-order valence-electron chi connectivity index (χ0n) is 32.4. The molecule has 1 spiro atoms. The van der Waals surface area contributed by atoms with Crippen molar-refractivity contribution in [3.8, 4) is 67.3 Å². The summed E-state index contributed by atoms with van der Waals surface area (Å²) < 4.78 is 6.68. The maximum absolute atomic E-state index is 6.68. The second-order valence-electron chi connectivity index (χ2n) is 15.9. The summed E-state index contributed by atoms with van der Waals surface area (Å²) in [7, 11) is 0. The third-order valence-electron chi connectivity index (χ3n) is 12.9. The summed E-state index contributed by atoms with van der Waals surface area (Å²) >= 11 is 0. The van der Waals surface area contributed by atoms with Gasteiger partial charge in [0.2, 0.25) is 0 Å². The number of hydrogen-bond donors (Lipinski definition) is 0. The number of hydrogen-bond acceptors (Lipinski definition) is 3. The van der Waals surface area contributed by atoms with Gasteiger partial charge in [-0.25, -0.2) is 9.97 Å². The number of rotatable bonds is 4. The van der Waals surface area contributed by atoms with Gasteiger partial charge in [-0.1, -0.05) is 188 Å². The van der Waals surface area contributed by atoms with Crippen LogP contribution in [0.15, 0.2) is 211 Å². The largest absolute Gasteiger partial charge is 0.455 e. The highest BCUT2D eigenvalue weighted by Crippen LogP contribution is 2.64. The fourth-order valence-electron chi connectivity index (χ4n) is 10.5. The molecular formula is C57H34N2O. The van der Waals surface area contributed by atoms with Crippen molar-refractivity contribution in [1.29, 1.82) is 0 Å². The van der Waals surface area contributed by atoms with Crippen molar-refractivity contribution >= 4 is 32.7 Å². The van der Waals surface area contributed by atoms with Gasteiger partial charge in [0.15, 0.2) is 5.82 Å². The summed E-state index contributed by atoms with van der Waals surface area (Å²) in [5, 5.41) is 4.56. The highest BCUT2D eigenvalue weighted by atomic mass is 16.3. The Balaban J connectivity index is 1.13. The molecule has 2 aromatic heterocycles. The average molecular weight is 763 g/mol. The monoisotopic (exact) mass is 762 g/mol. The quantitative estimate of drug-likeness (QED) is 0.179. The summed E-state index contributed by atoms with van der Waals surface area (Å²) in [5.74, 6) is 0.675. The van der Waals surface area contributed by atoms with E-state index in [1.807, 2.05) is 12.1 Å². The lowest BCUT2D eigenvalue weighted by Gasteiger charge is -2.32. The normalized spacial score (nSPS) is 13.1. The highest BCUT2D eigenvalue weighted by molar-refractivity contribution is 6.10. The number of fused-ring (bicyclic) bond motifs is 14. The molecule has 2 aliphatic rings.